The molecule has 1 aromatic rings. The first kappa shape index (κ1) is 13.4. The first-order valence-electron chi connectivity index (χ1n) is 7.22. The minimum atomic E-state index is 0.761. The largest absolute Gasteiger partial charge is 0.496 e. The van der Waals surface area contributed by atoms with E-state index in [4.69, 9.17) is 10.5 Å². The molecule has 1 fully saturated rings. The summed E-state index contributed by atoms with van der Waals surface area (Å²) in [6, 6.07) is 6.72. The maximum atomic E-state index is 5.50. The number of ether oxygens (including phenoxy) is 1. The van der Waals surface area contributed by atoms with E-state index in [0.717, 1.165) is 24.6 Å². The van der Waals surface area contributed by atoms with E-state index in [1.54, 1.807) is 7.11 Å². The fraction of sp³-hybridized carbons (Fsp3) is 0.625. The second kappa shape index (κ2) is 6.79. The zero-order valence-electron chi connectivity index (χ0n) is 11.5. The molecule has 2 N–H and O–H groups in total. The second-order valence-electron chi connectivity index (χ2n) is 5.30. The van der Waals surface area contributed by atoms with Crippen molar-refractivity contribution in [2.24, 2.45) is 5.73 Å². The molecule has 0 unspecified atom stereocenters. The van der Waals surface area contributed by atoms with Crippen LogP contribution in [0.1, 0.15) is 55.6 Å². The van der Waals surface area contributed by atoms with Crippen LogP contribution in [0.25, 0.3) is 0 Å². The Morgan fingerprint density at radius 3 is 2.61 bits per heavy atom. The Bertz CT molecular complexity index is 371. The van der Waals surface area contributed by atoms with E-state index in [9.17, 15) is 0 Å². The smallest absolute Gasteiger partial charge is 0.122 e. The lowest BCUT2D eigenvalue weighted by molar-refractivity contribution is 0.409. The molecule has 0 bridgehead atoms. The number of hydrogen-bond acceptors (Lipinski definition) is 2. The summed E-state index contributed by atoms with van der Waals surface area (Å²) in [7, 11) is 1.77. The number of methoxy groups -OCH3 is 1. The van der Waals surface area contributed by atoms with Crippen molar-refractivity contribution in [3.05, 3.63) is 29.3 Å². The molecule has 0 heterocycles. The molecule has 2 nitrogen and oxygen atoms in total. The number of benzene rings is 1. The standard InChI is InChI=1S/C16H25NO/c1-18-16-10-7-13(6-4-2-3-5-11-17)12-15(16)14-8-9-14/h7,10,12,14H,2-6,8-9,11,17H2,1H3. The first-order valence-corrected chi connectivity index (χ1v) is 7.22. The van der Waals surface area contributed by atoms with E-state index in [1.807, 2.05) is 0 Å². The molecule has 1 aliphatic rings. The van der Waals surface area contributed by atoms with E-state index < -0.39 is 0 Å². The van der Waals surface area contributed by atoms with Gasteiger partial charge in [0.25, 0.3) is 0 Å². The van der Waals surface area contributed by atoms with E-state index in [-0.39, 0.29) is 0 Å². The van der Waals surface area contributed by atoms with Gasteiger partial charge in [-0.2, -0.15) is 0 Å². The Morgan fingerprint density at radius 2 is 1.94 bits per heavy atom. The molecule has 1 aromatic carbocycles. The quantitative estimate of drug-likeness (QED) is 0.712. The van der Waals surface area contributed by atoms with Crippen LogP contribution in [0.3, 0.4) is 0 Å². The van der Waals surface area contributed by atoms with Crippen LogP contribution in [-0.2, 0) is 6.42 Å². The van der Waals surface area contributed by atoms with Crippen LogP contribution in [0.2, 0.25) is 0 Å². The summed E-state index contributed by atoms with van der Waals surface area (Å²) in [5.74, 6) is 1.83. The van der Waals surface area contributed by atoms with Crippen LogP contribution in [0.5, 0.6) is 5.75 Å². The highest BCUT2D eigenvalue weighted by molar-refractivity contribution is 5.41. The highest BCUT2D eigenvalue weighted by Gasteiger charge is 2.26. The van der Waals surface area contributed by atoms with Crippen molar-refractivity contribution in [2.75, 3.05) is 13.7 Å². The molecule has 0 spiro atoms. The fourth-order valence-corrected chi connectivity index (χ4v) is 2.48. The van der Waals surface area contributed by atoms with Crippen LogP contribution in [0.15, 0.2) is 18.2 Å². The summed E-state index contributed by atoms with van der Waals surface area (Å²) in [5, 5.41) is 0. The highest BCUT2D eigenvalue weighted by Crippen LogP contribution is 2.44. The van der Waals surface area contributed by atoms with Crippen molar-refractivity contribution in [1.82, 2.24) is 0 Å². The van der Waals surface area contributed by atoms with Gasteiger partial charge in [0.15, 0.2) is 0 Å². The highest BCUT2D eigenvalue weighted by atomic mass is 16.5. The number of unbranched alkanes of at least 4 members (excludes halogenated alkanes) is 3. The van der Waals surface area contributed by atoms with Crippen LogP contribution in [0.4, 0.5) is 0 Å². The molecule has 0 saturated heterocycles. The Labute approximate surface area is 111 Å². The Balaban J connectivity index is 1.86. The van der Waals surface area contributed by atoms with E-state index in [1.165, 1.54) is 49.7 Å². The van der Waals surface area contributed by atoms with Gasteiger partial charge >= 0.3 is 0 Å². The van der Waals surface area contributed by atoms with Crippen molar-refractivity contribution in [2.45, 2.75) is 50.9 Å². The minimum Gasteiger partial charge on any atom is -0.496 e. The van der Waals surface area contributed by atoms with Gasteiger partial charge in [0.05, 0.1) is 7.11 Å². The monoisotopic (exact) mass is 247 g/mol. The van der Waals surface area contributed by atoms with Crippen molar-refractivity contribution in [3.63, 3.8) is 0 Å². The van der Waals surface area contributed by atoms with Gasteiger partial charge in [0.1, 0.15) is 5.75 Å². The van der Waals surface area contributed by atoms with Crippen molar-refractivity contribution in [3.8, 4) is 5.75 Å². The summed E-state index contributed by atoms with van der Waals surface area (Å²) >= 11 is 0. The van der Waals surface area contributed by atoms with Gasteiger partial charge in [0, 0.05) is 0 Å². The molecular formula is C16H25NO. The second-order valence-corrected chi connectivity index (χ2v) is 5.30. The maximum absolute atomic E-state index is 5.50. The van der Waals surface area contributed by atoms with Crippen LogP contribution >= 0.6 is 0 Å². The molecule has 2 rings (SSSR count). The van der Waals surface area contributed by atoms with Gasteiger partial charge in [0.2, 0.25) is 0 Å². The first-order chi connectivity index (χ1) is 8.85. The molecule has 0 radical (unpaired) electrons. The zero-order valence-corrected chi connectivity index (χ0v) is 11.5. The molecule has 1 aliphatic carbocycles. The SMILES string of the molecule is COc1ccc(CCCCCCN)cc1C1CC1. The van der Waals surface area contributed by atoms with E-state index in [0.29, 0.717) is 0 Å². The van der Waals surface area contributed by atoms with Crippen molar-refractivity contribution >= 4 is 0 Å². The molecule has 0 aromatic heterocycles. The molecule has 2 heteroatoms. The van der Waals surface area contributed by atoms with Crippen molar-refractivity contribution in [1.29, 1.82) is 0 Å². The van der Waals surface area contributed by atoms with Crippen LogP contribution < -0.4 is 10.5 Å². The number of hydrogen-bond donors (Lipinski definition) is 1. The van der Waals surface area contributed by atoms with Crippen molar-refractivity contribution < 1.29 is 4.74 Å². The van der Waals surface area contributed by atoms with E-state index >= 15 is 0 Å². The third-order valence-electron chi connectivity index (χ3n) is 3.73. The normalized spacial score (nSPS) is 14.8. The van der Waals surface area contributed by atoms with Crippen LogP contribution in [-0.4, -0.2) is 13.7 Å². The van der Waals surface area contributed by atoms with Gasteiger partial charge in [-0.3, -0.25) is 0 Å². The van der Waals surface area contributed by atoms with E-state index in [2.05, 4.69) is 18.2 Å². The molecule has 0 atom stereocenters. The van der Waals surface area contributed by atoms with Gasteiger partial charge in [-0.25, -0.2) is 0 Å². The Hall–Kier alpha value is -1.02. The molecule has 1 saturated carbocycles. The zero-order chi connectivity index (χ0) is 12.8. The minimum absolute atomic E-state index is 0.761. The number of nitrogens with two attached hydrogens (primary N) is 1. The third kappa shape index (κ3) is 3.74. The molecular weight excluding hydrogens is 222 g/mol. The average molecular weight is 247 g/mol. The predicted molar refractivity (Wildman–Crippen MR) is 76.2 cm³/mol. The summed E-state index contributed by atoms with van der Waals surface area (Å²) in [4.78, 5) is 0. The summed E-state index contributed by atoms with van der Waals surface area (Å²) in [5.41, 5.74) is 8.39. The van der Waals surface area contributed by atoms with Gasteiger partial charge < -0.3 is 10.5 Å². The van der Waals surface area contributed by atoms with Gasteiger partial charge in [-0.1, -0.05) is 25.0 Å². The maximum Gasteiger partial charge on any atom is 0.122 e. The fourth-order valence-electron chi connectivity index (χ4n) is 2.48. The lowest BCUT2D eigenvalue weighted by Gasteiger charge is -2.10. The molecule has 0 aliphatic heterocycles. The number of rotatable bonds is 8. The van der Waals surface area contributed by atoms with Gasteiger partial charge in [-0.15, -0.1) is 0 Å². The molecule has 18 heavy (non-hydrogen) atoms. The molecule has 0 amide bonds. The van der Waals surface area contributed by atoms with Gasteiger partial charge in [-0.05, 0) is 61.8 Å². The Kier molecular flexibility index (Phi) is 5.06. The lowest BCUT2D eigenvalue weighted by atomic mass is 10.0. The predicted octanol–water partition coefficient (Wildman–Crippen LogP) is 3.63. The third-order valence-corrected chi connectivity index (χ3v) is 3.73. The number of aryl methyl sites for hydroxylation is 1. The summed E-state index contributed by atoms with van der Waals surface area (Å²) < 4.78 is 5.45. The Morgan fingerprint density at radius 1 is 1.17 bits per heavy atom. The summed E-state index contributed by atoms with van der Waals surface area (Å²) in [6.45, 7) is 0.828. The van der Waals surface area contributed by atoms with Crippen LogP contribution in [0, 0.1) is 0 Å². The topological polar surface area (TPSA) is 35.2 Å². The lowest BCUT2D eigenvalue weighted by Crippen LogP contribution is -1.98. The average Bonchev–Trinajstić information content (AvgIpc) is 3.22. The summed E-state index contributed by atoms with van der Waals surface area (Å²) in [6.07, 6.45) is 8.84. The molecule has 100 valence electrons.